The van der Waals surface area contributed by atoms with E-state index < -0.39 is 0 Å². The molecule has 0 saturated heterocycles. The van der Waals surface area contributed by atoms with Crippen molar-refractivity contribution in [2.45, 2.75) is 0 Å². The van der Waals surface area contributed by atoms with Crippen LogP contribution < -0.4 is 4.90 Å². The van der Waals surface area contributed by atoms with Crippen LogP contribution in [-0.2, 0) is 0 Å². The Balaban J connectivity index is 1.25. The summed E-state index contributed by atoms with van der Waals surface area (Å²) in [7, 11) is 0. The van der Waals surface area contributed by atoms with Crippen LogP contribution in [0.4, 0.5) is 17.1 Å². The first-order valence-electron chi connectivity index (χ1n) is 16.8. The van der Waals surface area contributed by atoms with Gasteiger partial charge in [-0.25, -0.2) is 0 Å². The minimum absolute atomic E-state index is 1.11. The lowest BCUT2D eigenvalue weighted by Crippen LogP contribution is -2.11. The highest BCUT2D eigenvalue weighted by Gasteiger charge is 2.19. The number of nitrogens with zero attached hydrogens (tertiary/aromatic N) is 1. The van der Waals surface area contributed by atoms with Crippen molar-refractivity contribution in [1.82, 2.24) is 0 Å². The number of anilines is 3. The van der Waals surface area contributed by atoms with Crippen molar-refractivity contribution in [1.29, 1.82) is 0 Å². The average molecular weight is 624 g/mol. The predicted octanol–water partition coefficient (Wildman–Crippen LogP) is 13.6. The largest absolute Gasteiger partial charge is 0.310 e. The van der Waals surface area contributed by atoms with Gasteiger partial charge in [-0.2, -0.15) is 0 Å². The molecule has 9 aromatic rings. The molecule has 1 heteroatoms. The highest BCUT2D eigenvalue weighted by atomic mass is 15.1. The van der Waals surface area contributed by atoms with Crippen molar-refractivity contribution in [2.24, 2.45) is 0 Å². The third-order valence-corrected chi connectivity index (χ3v) is 9.63. The standard InChI is InChI=1S/C48H33N/c1-3-11-34(12-4-1)42-26-30-48(47(32-42)37-14-5-2-6-15-37)49(44-29-25-39-21-20-38-16-9-10-18-45(38)46(39)33-44)43-27-23-36(24-28-43)41-22-19-35-13-7-8-17-40(35)31-41/h1-33H. The van der Waals surface area contributed by atoms with Crippen LogP contribution >= 0.6 is 0 Å². The minimum Gasteiger partial charge on any atom is -0.310 e. The van der Waals surface area contributed by atoms with Gasteiger partial charge in [0.25, 0.3) is 0 Å². The Hall–Kier alpha value is -6.44. The Morgan fingerprint density at radius 3 is 1.55 bits per heavy atom. The summed E-state index contributed by atoms with van der Waals surface area (Å²) in [5, 5.41) is 7.49. The molecular formula is C48H33N. The van der Waals surface area contributed by atoms with E-state index in [0.717, 1.165) is 17.1 Å². The quantitative estimate of drug-likeness (QED) is 0.167. The van der Waals surface area contributed by atoms with E-state index in [0.29, 0.717) is 0 Å². The third-order valence-electron chi connectivity index (χ3n) is 9.63. The van der Waals surface area contributed by atoms with Crippen molar-refractivity contribution in [2.75, 3.05) is 4.90 Å². The molecule has 0 atom stereocenters. The number of rotatable bonds is 6. The average Bonchev–Trinajstić information content (AvgIpc) is 3.19. The monoisotopic (exact) mass is 623 g/mol. The molecule has 0 saturated carbocycles. The lowest BCUT2D eigenvalue weighted by molar-refractivity contribution is 1.29. The van der Waals surface area contributed by atoms with E-state index in [9.17, 15) is 0 Å². The van der Waals surface area contributed by atoms with E-state index in [1.807, 2.05) is 0 Å². The van der Waals surface area contributed by atoms with Gasteiger partial charge >= 0.3 is 0 Å². The lowest BCUT2D eigenvalue weighted by atomic mass is 9.95. The molecule has 0 aliphatic carbocycles. The van der Waals surface area contributed by atoms with Gasteiger partial charge in [-0.1, -0.05) is 158 Å². The van der Waals surface area contributed by atoms with Crippen LogP contribution in [0.3, 0.4) is 0 Å². The summed E-state index contributed by atoms with van der Waals surface area (Å²) in [5.41, 5.74) is 10.5. The molecule has 9 aromatic carbocycles. The second-order valence-electron chi connectivity index (χ2n) is 12.6. The Bertz CT molecular complexity index is 2590. The van der Waals surface area contributed by atoms with Gasteiger partial charge in [0.1, 0.15) is 0 Å². The summed E-state index contributed by atoms with van der Waals surface area (Å²) in [6.45, 7) is 0. The number of fused-ring (bicyclic) bond motifs is 4. The van der Waals surface area contributed by atoms with E-state index in [2.05, 4.69) is 205 Å². The molecule has 230 valence electrons. The summed E-state index contributed by atoms with van der Waals surface area (Å²) in [6.07, 6.45) is 0. The fourth-order valence-corrected chi connectivity index (χ4v) is 7.12. The molecule has 0 bridgehead atoms. The van der Waals surface area contributed by atoms with Crippen LogP contribution in [0.1, 0.15) is 0 Å². The SMILES string of the molecule is c1ccc(-c2ccc(N(c3ccc(-c4ccc5ccccc5c4)cc3)c3ccc4ccc5ccccc5c4c3)c(-c3ccccc3)c2)cc1. The summed E-state index contributed by atoms with van der Waals surface area (Å²) in [5.74, 6) is 0. The van der Waals surface area contributed by atoms with Gasteiger partial charge in [0.15, 0.2) is 0 Å². The molecule has 0 heterocycles. The summed E-state index contributed by atoms with van der Waals surface area (Å²) in [4.78, 5) is 2.42. The van der Waals surface area contributed by atoms with Gasteiger partial charge < -0.3 is 4.90 Å². The zero-order valence-corrected chi connectivity index (χ0v) is 27.0. The Kier molecular flexibility index (Phi) is 7.22. The maximum Gasteiger partial charge on any atom is 0.0540 e. The fraction of sp³-hybridized carbons (Fsp3) is 0. The topological polar surface area (TPSA) is 3.24 Å². The maximum atomic E-state index is 2.42. The number of hydrogen-bond acceptors (Lipinski definition) is 1. The van der Waals surface area contributed by atoms with Crippen molar-refractivity contribution in [3.05, 3.63) is 200 Å². The van der Waals surface area contributed by atoms with Crippen LogP contribution in [0.15, 0.2) is 200 Å². The molecule has 0 N–H and O–H groups in total. The van der Waals surface area contributed by atoms with E-state index in [1.165, 1.54) is 65.7 Å². The molecule has 0 unspecified atom stereocenters. The second-order valence-corrected chi connectivity index (χ2v) is 12.6. The van der Waals surface area contributed by atoms with Crippen LogP contribution in [0.2, 0.25) is 0 Å². The van der Waals surface area contributed by atoms with Crippen molar-refractivity contribution in [3.8, 4) is 33.4 Å². The highest BCUT2D eigenvalue weighted by Crippen LogP contribution is 2.44. The smallest absolute Gasteiger partial charge is 0.0540 e. The van der Waals surface area contributed by atoms with Crippen molar-refractivity contribution in [3.63, 3.8) is 0 Å². The van der Waals surface area contributed by atoms with Gasteiger partial charge in [-0.05, 0) is 103 Å². The highest BCUT2D eigenvalue weighted by molar-refractivity contribution is 6.09. The fourth-order valence-electron chi connectivity index (χ4n) is 7.12. The third kappa shape index (κ3) is 5.42. The Labute approximate surface area is 287 Å². The van der Waals surface area contributed by atoms with E-state index in [1.54, 1.807) is 0 Å². The first kappa shape index (κ1) is 28.8. The molecule has 0 radical (unpaired) electrons. The van der Waals surface area contributed by atoms with Crippen LogP contribution in [0.25, 0.3) is 65.7 Å². The first-order valence-corrected chi connectivity index (χ1v) is 16.8. The Morgan fingerprint density at radius 2 is 0.776 bits per heavy atom. The predicted molar refractivity (Wildman–Crippen MR) is 210 cm³/mol. The molecule has 0 aromatic heterocycles. The van der Waals surface area contributed by atoms with Gasteiger partial charge in [0, 0.05) is 16.9 Å². The number of benzene rings is 9. The van der Waals surface area contributed by atoms with Crippen molar-refractivity contribution < 1.29 is 0 Å². The molecule has 0 aliphatic rings. The summed E-state index contributed by atoms with van der Waals surface area (Å²) < 4.78 is 0. The lowest BCUT2D eigenvalue weighted by Gasteiger charge is -2.29. The first-order chi connectivity index (χ1) is 24.3. The van der Waals surface area contributed by atoms with E-state index in [-0.39, 0.29) is 0 Å². The molecule has 0 amide bonds. The van der Waals surface area contributed by atoms with Gasteiger partial charge in [0.05, 0.1) is 5.69 Å². The summed E-state index contributed by atoms with van der Waals surface area (Å²) >= 11 is 0. The molecule has 0 aliphatic heterocycles. The molecular weight excluding hydrogens is 591 g/mol. The van der Waals surface area contributed by atoms with Crippen LogP contribution in [-0.4, -0.2) is 0 Å². The Morgan fingerprint density at radius 1 is 0.265 bits per heavy atom. The van der Waals surface area contributed by atoms with E-state index >= 15 is 0 Å². The molecule has 0 spiro atoms. The summed E-state index contributed by atoms with van der Waals surface area (Å²) in [6, 6.07) is 72.6. The van der Waals surface area contributed by atoms with Gasteiger partial charge in [-0.15, -0.1) is 0 Å². The second kappa shape index (κ2) is 12.3. The van der Waals surface area contributed by atoms with Gasteiger partial charge in [0.2, 0.25) is 0 Å². The van der Waals surface area contributed by atoms with Crippen LogP contribution in [0, 0.1) is 0 Å². The minimum atomic E-state index is 1.11. The maximum absolute atomic E-state index is 2.42. The molecule has 1 nitrogen and oxygen atoms in total. The molecule has 9 rings (SSSR count). The normalized spacial score (nSPS) is 11.3. The zero-order valence-electron chi connectivity index (χ0n) is 27.0. The van der Waals surface area contributed by atoms with Crippen molar-refractivity contribution >= 4 is 49.4 Å². The molecule has 0 fully saturated rings. The number of hydrogen-bond donors (Lipinski definition) is 0. The van der Waals surface area contributed by atoms with Gasteiger partial charge in [-0.3, -0.25) is 0 Å². The van der Waals surface area contributed by atoms with Crippen LogP contribution in [0.5, 0.6) is 0 Å². The zero-order chi connectivity index (χ0) is 32.6. The van der Waals surface area contributed by atoms with E-state index in [4.69, 9.17) is 0 Å². The molecule has 49 heavy (non-hydrogen) atoms.